The average Bonchev–Trinajstić information content (AvgIpc) is 3.23. The van der Waals surface area contributed by atoms with Crippen molar-refractivity contribution in [3.8, 4) is 11.5 Å². The minimum Gasteiger partial charge on any atom is -0.494 e. The Balaban J connectivity index is 1.56. The molecule has 1 aliphatic carbocycles. The molecular weight excluding hydrogens is 424 g/mol. The zero-order chi connectivity index (χ0) is 22.7. The molecule has 0 saturated heterocycles. The molecule has 0 aliphatic heterocycles. The molecule has 1 aromatic heterocycles. The Morgan fingerprint density at radius 3 is 2.19 bits per heavy atom. The van der Waals surface area contributed by atoms with Gasteiger partial charge >= 0.3 is 0 Å². The maximum atomic E-state index is 13.0. The Hall–Kier alpha value is -3.32. The van der Waals surface area contributed by atoms with E-state index >= 15 is 0 Å². The molecule has 7 heteroatoms. The minimum atomic E-state index is -0.263. The zero-order valence-electron chi connectivity index (χ0n) is 18.4. The van der Waals surface area contributed by atoms with Gasteiger partial charge in [0.05, 0.1) is 30.5 Å². The van der Waals surface area contributed by atoms with E-state index in [1.165, 1.54) is 24.7 Å². The third kappa shape index (κ3) is 4.62. The second kappa shape index (κ2) is 9.44. The Bertz CT molecular complexity index is 1140. The van der Waals surface area contributed by atoms with Gasteiger partial charge in [-0.1, -0.05) is 25.1 Å². The second-order valence-electron chi connectivity index (χ2n) is 7.93. The molecule has 32 heavy (non-hydrogen) atoms. The van der Waals surface area contributed by atoms with Crippen LogP contribution >= 0.6 is 11.3 Å². The molecule has 0 fully saturated rings. The lowest BCUT2D eigenvalue weighted by Crippen LogP contribution is -2.14. The molecule has 2 amide bonds. The number of carbonyl (C=O) groups is 2. The third-order valence-electron chi connectivity index (χ3n) is 5.61. The van der Waals surface area contributed by atoms with Crippen LogP contribution < -0.4 is 20.1 Å². The van der Waals surface area contributed by atoms with Gasteiger partial charge in [-0.15, -0.1) is 11.3 Å². The first-order chi connectivity index (χ1) is 15.5. The maximum Gasteiger partial charge on any atom is 0.265 e. The van der Waals surface area contributed by atoms with E-state index in [0.29, 0.717) is 39.2 Å². The fourth-order valence-electron chi connectivity index (χ4n) is 3.88. The first-order valence-corrected chi connectivity index (χ1v) is 11.4. The van der Waals surface area contributed by atoms with Crippen molar-refractivity contribution in [2.24, 2.45) is 5.92 Å². The van der Waals surface area contributed by atoms with Gasteiger partial charge in [-0.2, -0.15) is 0 Å². The maximum absolute atomic E-state index is 13.0. The molecule has 6 nitrogen and oxygen atoms in total. The van der Waals surface area contributed by atoms with Gasteiger partial charge in [-0.05, 0) is 48.9 Å². The van der Waals surface area contributed by atoms with E-state index in [9.17, 15) is 9.59 Å². The van der Waals surface area contributed by atoms with Crippen molar-refractivity contribution >= 4 is 34.5 Å². The van der Waals surface area contributed by atoms with Crippen LogP contribution in [0.5, 0.6) is 11.5 Å². The highest BCUT2D eigenvalue weighted by Gasteiger charge is 2.22. The molecule has 0 radical (unpaired) electrons. The van der Waals surface area contributed by atoms with Crippen molar-refractivity contribution in [3.63, 3.8) is 0 Å². The summed E-state index contributed by atoms with van der Waals surface area (Å²) in [4.78, 5) is 27.5. The molecule has 0 saturated carbocycles. The van der Waals surface area contributed by atoms with Crippen LogP contribution in [0.25, 0.3) is 0 Å². The number of hydrogen-bond acceptors (Lipinski definition) is 5. The van der Waals surface area contributed by atoms with Gasteiger partial charge in [0.2, 0.25) is 0 Å². The predicted octanol–water partition coefficient (Wildman–Crippen LogP) is 5.39. The van der Waals surface area contributed by atoms with Gasteiger partial charge < -0.3 is 20.1 Å². The quantitative estimate of drug-likeness (QED) is 0.528. The van der Waals surface area contributed by atoms with Gasteiger partial charge in [-0.3, -0.25) is 9.59 Å². The lowest BCUT2D eigenvalue weighted by Gasteiger charge is -2.16. The van der Waals surface area contributed by atoms with Crippen molar-refractivity contribution in [3.05, 3.63) is 69.4 Å². The number of anilines is 2. The smallest absolute Gasteiger partial charge is 0.265 e. The summed E-state index contributed by atoms with van der Waals surface area (Å²) in [5.41, 5.74) is 2.74. The van der Waals surface area contributed by atoms with Gasteiger partial charge in [0.25, 0.3) is 11.8 Å². The van der Waals surface area contributed by atoms with Crippen molar-refractivity contribution in [1.29, 1.82) is 0 Å². The molecule has 1 unspecified atom stereocenters. The van der Waals surface area contributed by atoms with E-state index in [2.05, 4.69) is 17.6 Å². The molecular formula is C25H26N2O4S. The molecule has 2 aromatic carbocycles. The number of ether oxygens (including phenoxy) is 2. The van der Waals surface area contributed by atoms with E-state index in [1.54, 1.807) is 47.7 Å². The molecule has 0 spiro atoms. The molecule has 0 bridgehead atoms. The number of hydrogen-bond donors (Lipinski definition) is 2. The summed E-state index contributed by atoms with van der Waals surface area (Å²) in [5.74, 6) is 1.05. The van der Waals surface area contributed by atoms with Crippen molar-refractivity contribution in [2.75, 3.05) is 24.9 Å². The predicted molar refractivity (Wildman–Crippen MR) is 127 cm³/mol. The van der Waals surface area contributed by atoms with Crippen molar-refractivity contribution in [1.82, 2.24) is 0 Å². The van der Waals surface area contributed by atoms with Crippen LogP contribution in [0.2, 0.25) is 0 Å². The highest BCUT2D eigenvalue weighted by atomic mass is 32.1. The van der Waals surface area contributed by atoms with Crippen LogP contribution in [0.3, 0.4) is 0 Å². The van der Waals surface area contributed by atoms with Gasteiger partial charge in [-0.25, -0.2) is 0 Å². The molecule has 166 valence electrons. The van der Waals surface area contributed by atoms with E-state index in [4.69, 9.17) is 9.47 Å². The summed E-state index contributed by atoms with van der Waals surface area (Å²) in [6.07, 6.45) is 3.21. The highest BCUT2D eigenvalue weighted by molar-refractivity contribution is 7.14. The van der Waals surface area contributed by atoms with Crippen LogP contribution in [0, 0.1) is 5.92 Å². The number of carbonyl (C=O) groups excluding carboxylic acids is 2. The Kier molecular flexibility index (Phi) is 6.46. The standard InChI is InChI=1S/C25H26N2O4S/c1-15-9-10-22-17(11-15)12-23(32-22)25(29)27-19-14-20(30-2)18(13-21(19)31-3)26-24(28)16-7-5-4-6-8-16/h4-8,12-15H,9-11H2,1-3H3,(H,26,28)(H,27,29). The fourth-order valence-corrected chi connectivity index (χ4v) is 4.98. The number of fused-ring (bicyclic) bond motifs is 1. The number of benzene rings is 2. The molecule has 4 rings (SSSR count). The van der Waals surface area contributed by atoms with Gasteiger partial charge in [0.1, 0.15) is 11.5 Å². The Labute approximate surface area is 191 Å². The first-order valence-electron chi connectivity index (χ1n) is 10.5. The highest BCUT2D eigenvalue weighted by Crippen LogP contribution is 2.38. The summed E-state index contributed by atoms with van der Waals surface area (Å²) in [7, 11) is 3.03. The first kappa shape index (κ1) is 21.9. The molecule has 3 aromatic rings. The number of aryl methyl sites for hydroxylation is 1. The molecule has 1 aliphatic rings. The monoisotopic (exact) mass is 450 g/mol. The molecule has 1 atom stereocenters. The van der Waals surface area contributed by atoms with E-state index in [1.807, 2.05) is 12.1 Å². The van der Waals surface area contributed by atoms with Crippen LogP contribution in [0.4, 0.5) is 11.4 Å². The number of thiophene rings is 1. The summed E-state index contributed by atoms with van der Waals surface area (Å²) >= 11 is 1.56. The van der Waals surface area contributed by atoms with Gasteiger partial charge in [0.15, 0.2) is 0 Å². The normalized spacial score (nSPS) is 14.9. The van der Waals surface area contributed by atoms with E-state index in [0.717, 1.165) is 19.3 Å². The van der Waals surface area contributed by atoms with Crippen LogP contribution in [0.15, 0.2) is 48.5 Å². The lowest BCUT2D eigenvalue weighted by atomic mass is 9.90. The summed E-state index contributed by atoms with van der Waals surface area (Å²) in [6.45, 7) is 2.25. The summed E-state index contributed by atoms with van der Waals surface area (Å²) < 4.78 is 11.0. The largest absolute Gasteiger partial charge is 0.494 e. The van der Waals surface area contributed by atoms with Crippen molar-refractivity contribution < 1.29 is 19.1 Å². The zero-order valence-corrected chi connectivity index (χ0v) is 19.2. The number of rotatable bonds is 6. The molecule has 2 N–H and O–H groups in total. The van der Waals surface area contributed by atoms with E-state index in [-0.39, 0.29) is 11.8 Å². The number of amides is 2. The topological polar surface area (TPSA) is 76.7 Å². The Morgan fingerprint density at radius 2 is 1.56 bits per heavy atom. The van der Waals surface area contributed by atoms with Crippen molar-refractivity contribution in [2.45, 2.75) is 26.2 Å². The second-order valence-corrected chi connectivity index (χ2v) is 9.07. The number of nitrogens with one attached hydrogen (secondary N) is 2. The van der Waals surface area contributed by atoms with Crippen LogP contribution in [-0.2, 0) is 12.8 Å². The minimum absolute atomic E-state index is 0.182. The van der Waals surface area contributed by atoms with Crippen LogP contribution in [0.1, 0.15) is 43.8 Å². The lowest BCUT2D eigenvalue weighted by molar-refractivity contribution is 0.101. The third-order valence-corrected chi connectivity index (χ3v) is 6.84. The summed E-state index contributed by atoms with van der Waals surface area (Å²) in [5, 5.41) is 5.79. The summed E-state index contributed by atoms with van der Waals surface area (Å²) in [6, 6.07) is 14.2. The van der Waals surface area contributed by atoms with Gasteiger partial charge in [0, 0.05) is 22.6 Å². The van der Waals surface area contributed by atoms with Crippen LogP contribution in [-0.4, -0.2) is 26.0 Å². The SMILES string of the molecule is COc1cc(NC(=O)c2cc3c(s2)CCC(C)C3)c(OC)cc1NC(=O)c1ccccc1. The fraction of sp³-hybridized carbons (Fsp3) is 0.280. The average molecular weight is 451 g/mol. The van der Waals surface area contributed by atoms with E-state index < -0.39 is 0 Å². The Morgan fingerprint density at radius 1 is 0.938 bits per heavy atom. The number of methoxy groups -OCH3 is 2. The molecule has 1 heterocycles.